The molecule has 0 bridgehead atoms. The number of hydrazine groups is 1. The minimum Gasteiger partial charge on any atom is -0.494 e. The summed E-state index contributed by atoms with van der Waals surface area (Å²) in [7, 11) is 1.40. The predicted molar refractivity (Wildman–Crippen MR) is 78.6 cm³/mol. The van der Waals surface area contributed by atoms with Crippen molar-refractivity contribution in [1.29, 1.82) is 0 Å². The second-order valence-corrected chi connectivity index (χ2v) is 4.89. The summed E-state index contributed by atoms with van der Waals surface area (Å²) in [5.41, 5.74) is 3.48. The fraction of sp³-hybridized carbons (Fsp3) is 0.143. The summed E-state index contributed by atoms with van der Waals surface area (Å²) in [6.07, 6.45) is 0. The molecule has 0 saturated heterocycles. The van der Waals surface area contributed by atoms with E-state index in [1.807, 2.05) is 0 Å². The summed E-state index contributed by atoms with van der Waals surface area (Å²) < 4.78 is 19.3. The van der Waals surface area contributed by atoms with Crippen LogP contribution in [0, 0.1) is 5.82 Å². The van der Waals surface area contributed by atoms with Gasteiger partial charge in [0.1, 0.15) is 0 Å². The van der Waals surface area contributed by atoms with Gasteiger partial charge in [0.05, 0.1) is 23.2 Å². The topological polar surface area (TPSA) is 47.3 Å². The van der Waals surface area contributed by atoms with Crippen LogP contribution in [0.15, 0.2) is 36.4 Å². The van der Waals surface area contributed by atoms with E-state index < -0.39 is 11.9 Å². The Hall–Kier alpha value is -1.33. The van der Waals surface area contributed by atoms with Crippen molar-refractivity contribution in [2.75, 3.05) is 7.11 Å². The number of benzene rings is 2. The lowest BCUT2D eigenvalue weighted by molar-refractivity contribution is 0.381. The Balaban J connectivity index is 2.56. The third-order valence-electron chi connectivity index (χ3n) is 2.98. The van der Waals surface area contributed by atoms with Crippen molar-refractivity contribution in [3.63, 3.8) is 0 Å². The van der Waals surface area contributed by atoms with E-state index in [-0.39, 0.29) is 5.75 Å². The molecule has 0 heterocycles. The average Bonchev–Trinajstić information content (AvgIpc) is 2.46. The third kappa shape index (κ3) is 2.74. The first-order chi connectivity index (χ1) is 9.60. The molecule has 1 unspecified atom stereocenters. The summed E-state index contributed by atoms with van der Waals surface area (Å²) in [5, 5.41) is 0.715. The molecule has 0 aliphatic rings. The van der Waals surface area contributed by atoms with Crippen LogP contribution in [0.1, 0.15) is 17.2 Å². The third-order valence-corrected chi connectivity index (χ3v) is 3.82. The fourth-order valence-electron chi connectivity index (χ4n) is 2.00. The number of nitrogens with one attached hydrogen (secondary N) is 1. The number of rotatable bonds is 4. The van der Waals surface area contributed by atoms with Gasteiger partial charge in [-0.3, -0.25) is 5.84 Å². The first-order valence-electron chi connectivity index (χ1n) is 5.82. The van der Waals surface area contributed by atoms with Gasteiger partial charge in [-0.2, -0.15) is 0 Å². The van der Waals surface area contributed by atoms with E-state index in [4.69, 9.17) is 33.8 Å². The number of hydrogen-bond donors (Lipinski definition) is 2. The van der Waals surface area contributed by atoms with Crippen molar-refractivity contribution in [2.45, 2.75) is 6.04 Å². The monoisotopic (exact) mass is 314 g/mol. The molecule has 106 valence electrons. The number of hydrogen-bond acceptors (Lipinski definition) is 3. The van der Waals surface area contributed by atoms with Gasteiger partial charge in [0.15, 0.2) is 11.6 Å². The van der Waals surface area contributed by atoms with Crippen molar-refractivity contribution < 1.29 is 9.13 Å². The highest BCUT2D eigenvalue weighted by molar-refractivity contribution is 6.42. The van der Waals surface area contributed by atoms with Crippen LogP contribution in [0.3, 0.4) is 0 Å². The molecule has 0 amide bonds. The van der Waals surface area contributed by atoms with Crippen molar-refractivity contribution in [1.82, 2.24) is 5.43 Å². The van der Waals surface area contributed by atoms with Crippen LogP contribution in [0.2, 0.25) is 10.0 Å². The Morgan fingerprint density at radius 1 is 1.15 bits per heavy atom. The maximum Gasteiger partial charge on any atom is 0.170 e. The fourth-order valence-corrected chi connectivity index (χ4v) is 2.42. The van der Waals surface area contributed by atoms with Gasteiger partial charge in [-0.25, -0.2) is 9.82 Å². The van der Waals surface area contributed by atoms with Crippen molar-refractivity contribution in [2.24, 2.45) is 5.84 Å². The van der Waals surface area contributed by atoms with E-state index in [9.17, 15) is 4.39 Å². The molecule has 1 atom stereocenters. The molecular weight excluding hydrogens is 302 g/mol. The van der Waals surface area contributed by atoms with E-state index >= 15 is 0 Å². The smallest absolute Gasteiger partial charge is 0.170 e. The lowest BCUT2D eigenvalue weighted by atomic mass is 9.98. The number of halogens is 3. The second kappa shape index (κ2) is 6.41. The predicted octanol–water partition coefficient (Wildman–Crippen LogP) is 3.69. The second-order valence-electron chi connectivity index (χ2n) is 4.11. The minimum atomic E-state index is -0.628. The summed E-state index contributed by atoms with van der Waals surface area (Å²) in [5.74, 6) is 5.21. The Labute approximate surface area is 126 Å². The number of ether oxygens (including phenoxy) is 1. The molecular formula is C14H13Cl2FN2O. The summed E-state index contributed by atoms with van der Waals surface area (Å²) in [4.78, 5) is 0. The maximum absolute atomic E-state index is 14.3. The van der Waals surface area contributed by atoms with Crippen LogP contribution in [0.5, 0.6) is 5.75 Å². The van der Waals surface area contributed by atoms with Gasteiger partial charge in [-0.1, -0.05) is 47.5 Å². The Bertz CT molecular complexity index is 622. The zero-order valence-electron chi connectivity index (χ0n) is 10.7. The molecule has 2 aromatic carbocycles. The van der Waals surface area contributed by atoms with Crippen LogP contribution in [-0.4, -0.2) is 7.11 Å². The van der Waals surface area contributed by atoms with E-state index in [1.165, 1.54) is 13.2 Å². The Kier molecular flexibility index (Phi) is 4.83. The van der Waals surface area contributed by atoms with Crippen LogP contribution >= 0.6 is 23.2 Å². The minimum absolute atomic E-state index is 0.140. The van der Waals surface area contributed by atoms with Crippen molar-refractivity contribution in [3.8, 4) is 5.75 Å². The van der Waals surface area contributed by atoms with Gasteiger partial charge in [0.2, 0.25) is 0 Å². The molecule has 0 aliphatic carbocycles. The molecule has 0 fully saturated rings. The molecule has 0 radical (unpaired) electrons. The highest BCUT2D eigenvalue weighted by atomic mass is 35.5. The largest absolute Gasteiger partial charge is 0.494 e. The zero-order chi connectivity index (χ0) is 14.7. The normalized spacial score (nSPS) is 12.2. The van der Waals surface area contributed by atoms with Gasteiger partial charge in [-0.15, -0.1) is 0 Å². The molecule has 20 heavy (non-hydrogen) atoms. The highest BCUT2D eigenvalue weighted by Crippen LogP contribution is 2.35. The first kappa shape index (κ1) is 15.1. The van der Waals surface area contributed by atoms with E-state index in [0.717, 1.165) is 0 Å². The molecule has 0 spiro atoms. The van der Waals surface area contributed by atoms with E-state index in [2.05, 4.69) is 5.43 Å². The Morgan fingerprint density at radius 3 is 2.45 bits per heavy atom. The number of nitrogens with two attached hydrogens (primary N) is 1. The van der Waals surface area contributed by atoms with Crippen molar-refractivity contribution >= 4 is 23.2 Å². The molecule has 0 aromatic heterocycles. The molecule has 2 aromatic rings. The standard InChI is InChI=1S/C14H13Cl2FN2O/c1-20-11-7-3-5-9(13(11)17)14(19-18)8-4-2-6-10(15)12(8)16/h2-7,14,19H,18H2,1H3. The van der Waals surface area contributed by atoms with Gasteiger partial charge < -0.3 is 4.74 Å². The molecule has 3 nitrogen and oxygen atoms in total. The number of methoxy groups -OCH3 is 1. The van der Waals surface area contributed by atoms with Crippen LogP contribution in [0.4, 0.5) is 4.39 Å². The summed E-state index contributed by atoms with van der Waals surface area (Å²) in [6, 6.07) is 9.31. The average molecular weight is 315 g/mol. The molecule has 3 N–H and O–H groups in total. The SMILES string of the molecule is COc1cccc(C(NN)c2cccc(Cl)c2Cl)c1F. The molecule has 6 heteroatoms. The summed E-state index contributed by atoms with van der Waals surface area (Å²) in [6.45, 7) is 0. The molecule has 2 rings (SSSR count). The van der Waals surface area contributed by atoms with Crippen molar-refractivity contribution in [3.05, 3.63) is 63.4 Å². The van der Waals surface area contributed by atoms with Crippen LogP contribution < -0.4 is 16.0 Å². The Morgan fingerprint density at radius 2 is 1.80 bits per heavy atom. The molecule has 0 aliphatic heterocycles. The summed E-state index contributed by atoms with van der Waals surface area (Å²) >= 11 is 12.1. The highest BCUT2D eigenvalue weighted by Gasteiger charge is 2.22. The first-order valence-corrected chi connectivity index (χ1v) is 6.58. The van der Waals surface area contributed by atoms with Gasteiger partial charge in [0, 0.05) is 5.56 Å². The van der Waals surface area contributed by atoms with Crippen LogP contribution in [-0.2, 0) is 0 Å². The van der Waals surface area contributed by atoms with Gasteiger partial charge in [0.25, 0.3) is 0 Å². The maximum atomic E-state index is 14.3. The van der Waals surface area contributed by atoms with E-state index in [0.29, 0.717) is 21.2 Å². The van der Waals surface area contributed by atoms with Gasteiger partial charge >= 0.3 is 0 Å². The lowest BCUT2D eigenvalue weighted by Gasteiger charge is -2.20. The zero-order valence-corrected chi connectivity index (χ0v) is 12.2. The van der Waals surface area contributed by atoms with Crippen LogP contribution in [0.25, 0.3) is 0 Å². The molecule has 0 saturated carbocycles. The quantitative estimate of drug-likeness (QED) is 0.668. The lowest BCUT2D eigenvalue weighted by Crippen LogP contribution is -2.29. The van der Waals surface area contributed by atoms with E-state index in [1.54, 1.807) is 30.3 Å². The van der Waals surface area contributed by atoms with Gasteiger partial charge in [-0.05, 0) is 17.7 Å².